The molecule has 118 valence electrons. The number of hydrogen-bond donors (Lipinski definition) is 2. The van der Waals surface area contributed by atoms with Gasteiger partial charge in [-0.15, -0.1) is 0 Å². The van der Waals surface area contributed by atoms with Gasteiger partial charge in [-0.3, -0.25) is 0 Å². The van der Waals surface area contributed by atoms with E-state index in [9.17, 15) is 0 Å². The number of aliphatic hydroxyl groups is 1. The van der Waals surface area contributed by atoms with Crippen LogP contribution in [0.1, 0.15) is 58.3 Å². The largest absolute Gasteiger partial charge is 0.396 e. The minimum Gasteiger partial charge on any atom is -0.396 e. The lowest BCUT2D eigenvalue weighted by Gasteiger charge is -2.44. The van der Waals surface area contributed by atoms with Crippen LogP contribution in [-0.4, -0.2) is 49.3 Å². The smallest absolute Gasteiger partial charge is 0.0434 e. The number of nitrogens with one attached hydrogen (secondary N) is 1. The topological polar surface area (TPSA) is 35.5 Å². The fourth-order valence-electron chi connectivity index (χ4n) is 4.27. The molecular weight excluding hydrogens is 248 g/mol. The number of piperidine rings is 1. The third-order valence-electron chi connectivity index (χ3n) is 5.36. The van der Waals surface area contributed by atoms with Crippen LogP contribution in [0.5, 0.6) is 0 Å². The molecule has 2 N–H and O–H groups in total. The molecule has 1 aliphatic carbocycles. The van der Waals surface area contributed by atoms with E-state index in [1.165, 1.54) is 71.1 Å². The van der Waals surface area contributed by atoms with E-state index in [4.69, 9.17) is 5.11 Å². The second-order valence-electron chi connectivity index (χ2n) is 7.10. The minimum atomic E-state index is 0.362. The van der Waals surface area contributed by atoms with E-state index in [1.807, 2.05) is 0 Å². The van der Waals surface area contributed by atoms with Gasteiger partial charge in [0.15, 0.2) is 0 Å². The molecule has 2 aliphatic rings. The first-order valence-electron chi connectivity index (χ1n) is 8.82. The van der Waals surface area contributed by atoms with Gasteiger partial charge >= 0.3 is 0 Å². The van der Waals surface area contributed by atoms with Gasteiger partial charge in [0.1, 0.15) is 0 Å². The lowest BCUT2D eigenvalue weighted by molar-refractivity contribution is 0.0672. The average Bonchev–Trinajstić information content (AvgIpc) is 2.47. The summed E-state index contributed by atoms with van der Waals surface area (Å²) in [4.78, 5) is 2.70. The van der Waals surface area contributed by atoms with Crippen molar-refractivity contribution in [2.75, 3.05) is 39.3 Å². The molecule has 0 radical (unpaired) electrons. The van der Waals surface area contributed by atoms with Crippen LogP contribution >= 0.6 is 0 Å². The number of aliphatic hydroxyl groups excluding tert-OH is 1. The molecule has 2 rings (SSSR count). The van der Waals surface area contributed by atoms with Crippen LogP contribution in [0, 0.1) is 11.3 Å². The van der Waals surface area contributed by atoms with E-state index >= 15 is 0 Å². The lowest BCUT2D eigenvalue weighted by Crippen LogP contribution is -2.48. The van der Waals surface area contributed by atoms with Crippen LogP contribution in [0.2, 0.25) is 0 Å². The summed E-state index contributed by atoms with van der Waals surface area (Å²) >= 11 is 0. The van der Waals surface area contributed by atoms with Gasteiger partial charge in [-0.25, -0.2) is 0 Å². The summed E-state index contributed by atoms with van der Waals surface area (Å²) in [7, 11) is 0. The van der Waals surface area contributed by atoms with Crippen LogP contribution in [0.3, 0.4) is 0 Å². The molecule has 2 fully saturated rings. The summed E-state index contributed by atoms with van der Waals surface area (Å²) in [5.41, 5.74) is 0.523. The molecule has 3 nitrogen and oxygen atoms in total. The first-order valence-corrected chi connectivity index (χ1v) is 8.82. The second kappa shape index (κ2) is 8.35. The molecule has 0 aromatic rings. The fourth-order valence-corrected chi connectivity index (χ4v) is 4.27. The Bertz CT molecular complexity index is 262. The zero-order valence-electron chi connectivity index (χ0n) is 13.4. The Morgan fingerprint density at radius 2 is 2.00 bits per heavy atom. The summed E-state index contributed by atoms with van der Waals surface area (Å²) in [6.07, 6.45) is 10.7. The standard InChI is InChI=1S/C17H34N2O/c1-2-18-14-17(9-4-3-5-10-17)15-19-11-6-7-16(13-19)8-12-20/h16,18,20H,2-15H2,1H3. The Balaban J connectivity index is 1.89. The predicted molar refractivity (Wildman–Crippen MR) is 84.9 cm³/mol. The zero-order valence-corrected chi connectivity index (χ0v) is 13.4. The Labute approximate surface area is 125 Å². The van der Waals surface area contributed by atoms with E-state index in [-0.39, 0.29) is 0 Å². The Hall–Kier alpha value is -0.120. The SMILES string of the molecule is CCNCC1(CN2CCCC(CCO)C2)CCCCC1. The third-order valence-corrected chi connectivity index (χ3v) is 5.36. The van der Waals surface area contributed by atoms with E-state index in [1.54, 1.807) is 0 Å². The van der Waals surface area contributed by atoms with E-state index < -0.39 is 0 Å². The van der Waals surface area contributed by atoms with Crippen molar-refractivity contribution in [2.45, 2.75) is 58.3 Å². The first-order chi connectivity index (χ1) is 9.78. The summed E-state index contributed by atoms with van der Waals surface area (Å²) in [6.45, 7) is 8.64. The Morgan fingerprint density at radius 3 is 2.70 bits per heavy atom. The van der Waals surface area contributed by atoms with Crippen LogP contribution in [0.25, 0.3) is 0 Å². The van der Waals surface area contributed by atoms with Crippen molar-refractivity contribution < 1.29 is 5.11 Å². The van der Waals surface area contributed by atoms with Gasteiger partial charge in [-0.05, 0) is 56.5 Å². The molecule has 0 amide bonds. The molecule has 20 heavy (non-hydrogen) atoms. The van der Waals surface area contributed by atoms with Gasteiger partial charge < -0.3 is 15.3 Å². The minimum absolute atomic E-state index is 0.362. The van der Waals surface area contributed by atoms with E-state index in [2.05, 4.69) is 17.1 Å². The number of likely N-dealkylation sites (tertiary alicyclic amines) is 1. The maximum Gasteiger partial charge on any atom is 0.0434 e. The van der Waals surface area contributed by atoms with E-state index in [0.717, 1.165) is 18.9 Å². The second-order valence-corrected chi connectivity index (χ2v) is 7.10. The summed E-state index contributed by atoms with van der Waals surface area (Å²) in [5.74, 6) is 0.730. The van der Waals surface area contributed by atoms with Crippen molar-refractivity contribution in [3.63, 3.8) is 0 Å². The lowest BCUT2D eigenvalue weighted by atomic mass is 9.73. The number of rotatable bonds is 7. The van der Waals surface area contributed by atoms with Gasteiger partial charge in [0.05, 0.1) is 0 Å². The number of nitrogens with zero attached hydrogens (tertiary/aromatic N) is 1. The molecule has 0 aromatic heterocycles. The highest BCUT2D eigenvalue weighted by molar-refractivity contribution is 4.89. The molecule has 3 heteroatoms. The number of hydrogen-bond acceptors (Lipinski definition) is 3. The summed E-state index contributed by atoms with van der Waals surface area (Å²) < 4.78 is 0. The highest BCUT2D eigenvalue weighted by Crippen LogP contribution is 2.37. The third kappa shape index (κ3) is 4.71. The zero-order chi connectivity index (χ0) is 14.3. The quantitative estimate of drug-likeness (QED) is 0.753. The Kier molecular flexibility index (Phi) is 6.79. The van der Waals surface area contributed by atoms with Crippen molar-refractivity contribution in [1.29, 1.82) is 0 Å². The normalized spacial score (nSPS) is 27.6. The van der Waals surface area contributed by atoms with Crippen LogP contribution < -0.4 is 5.32 Å². The molecule has 1 saturated heterocycles. The monoisotopic (exact) mass is 282 g/mol. The van der Waals surface area contributed by atoms with Crippen LogP contribution in [0.15, 0.2) is 0 Å². The molecule has 0 aromatic carbocycles. The predicted octanol–water partition coefficient (Wildman–Crippen LogP) is 2.64. The highest BCUT2D eigenvalue weighted by atomic mass is 16.3. The van der Waals surface area contributed by atoms with Crippen molar-refractivity contribution in [3.8, 4) is 0 Å². The van der Waals surface area contributed by atoms with Crippen LogP contribution in [-0.2, 0) is 0 Å². The molecule has 1 atom stereocenters. The van der Waals surface area contributed by atoms with Crippen molar-refractivity contribution in [1.82, 2.24) is 10.2 Å². The van der Waals surface area contributed by atoms with Crippen molar-refractivity contribution in [2.24, 2.45) is 11.3 Å². The fraction of sp³-hybridized carbons (Fsp3) is 1.00. The summed E-state index contributed by atoms with van der Waals surface area (Å²) in [6, 6.07) is 0. The highest BCUT2D eigenvalue weighted by Gasteiger charge is 2.34. The van der Waals surface area contributed by atoms with Crippen molar-refractivity contribution >= 4 is 0 Å². The average molecular weight is 282 g/mol. The van der Waals surface area contributed by atoms with Crippen LogP contribution in [0.4, 0.5) is 0 Å². The molecule has 1 unspecified atom stereocenters. The molecule has 0 bridgehead atoms. The Morgan fingerprint density at radius 1 is 1.20 bits per heavy atom. The molecular formula is C17H34N2O. The van der Waals surface area contributed by atoms with Gasteiger partial charge in [0.25, 0.3) is 0 Å². The molecule has 0 spiro atoms. The van der Waals surface area contributed by atoms with Gasteiger partial charge in [-0.2, -0.15) is 0 Å². The molecule has 1 aliphatic heterocycles. The van der Waals surface area contributed by atoms with E-state index in [0.29, 0.717) is 12.0 Å². The van der Waals surface area contributed by atoms with Crippen molar-refractivity contribution in [3.05, 3.63) is 0 Å². The first kappa shape index (κ1) is 16.3. The van der Waals surface area contributed by atoms with Gasteiger partial charge in [0, 0.05) is 26.2 Å². The van der Waals surface area contributed by atoms with Gasteiger partial charge in [-0.1, -0.05) is 26.2 Å². The summed E-state index contributed by atoms with van der Waals surface area (Å²) in [5, 5.41) is 12.8. The maximum atomic E-state index is 9.16. The molecule has 1 heterocycles. The molecule has 1 saturated carbocycles. The maximum absolute atomic E-state index is 9.16. The van der Waals surface area contributed by atoms with Gasteiger partial charge in [0.2, 0.25) is 0 Å².